The monoisotopic (exact) mass is 259 g/mol. The predicted molar refractivity (Wildman–Crippen MR) is 72.1 cm³/mol. The predicted octanol–water partition coefficient (Wildman–Crippen LogP) is 1.46. The minimum atomic E-state index is -0.807. The van der Waals surface area contributed by atoms with Gasteiger partial charge in [0, 0.05) is 6.20 Å². The lowest BCUT2D eigenvalue weighted by Crippen LogP contribution is -2.20. The number of aliphatic carboxylic acids is 1. The van der Waals surface area contributed by atoms with Gasteiger partial charge in [0.1, 0.15) is 0 Å². The molecule has 0 amide bonds. The number of hydrogen-bond acceptors (Lipinski definition) is 3. The second kappa shape index (κ2) is 6.15. The number of hydrogen-bond donors (Lipinski definition) is 2. The van der Waals surface area contributed by atoms with E-state index in [1.54, 1.807) is 10.9 Å². The van der Waals surface area contributed by atoms with Gasteiger partial charge in [-0.15, -0.1) is 0 Å². The molecule has 5 heteroatoms. The van der Waals surface area contributed by atoms with Gasteiger partial charge >= 0.3 is 5.97 Å². The lowest BCUT2D eigenvalue weighted by molar-refractivity contribution is -0.141. The number of carboxylic acids is 1. The van der Waals surface area contributed by atoms with Gasteiger partial charge in [-0.1, -0.05) is 18.2 Å². The fourth-order valence-corrected chi connectivity index (χ4v) is 1.99. The molecule has 0 fully saturated rings. The van der Waals surface area contributed by atoms with Crippen LogP contribution in [0.3, 0.4) is 0 Å². The summed E-state index contributed by atoms with van der Waals surface area (Å²) in [5.74, 6) is -1.25. The Hall–Kier alpha value is -2.14. The van der Waals surface area contributed by atoms with Gasteiger partial charge in [0.2, 0.25) is 0 Å². The highest BCUT2D eigenvalue weighted by molar-refractivity contribution is 5.70. The Balaban J connectivity index is 2.11. The first-order chi connectivity index (χ1) is 9.20. The van der Waals surface area contributed by atoms with Crippen molar-refractivity contribution in [2.45, 2.75) is 12.8 Å². The standard InChI is InChI=1S/C14H17N3O2/c15-7-6-12(14(18)19)8-11-9-16-17(10-11)13-4-2-1-3-5-13/h1-5,9-10,12H,6-8,15H2,(H,18,19). The molecule has 0 saturated heterocycles. The number of nitrogens with two attached hydrogens (primary N) is 1. The van der Waals surface area contributed by atoms with Crippen LogP contribution in [0.25, 0.3) is 5.69 Å². The van der Waals surface area contributed by atoms with E-state index in [1.807, 2.05) is 36.5 Å². The quantitative estimate of drug-likeness (QED) is 0.823. The Labute approximate surface area is 111 Å². The fraction of sp³-hybridized carbons (Fsp3) is 0.286. The molecule has 2 aromatic rings. The smallest absolute Gasteiger partial charge is 0.306 e. The summed E-state index contributed by atoms with van der Waals surface area (Å²) in [6.45, 7) is 0.379. The van der Waals surface area contributed by atoms with E-state index in [0.29, 0.717) is 19.4 Å². The van der Waals surface area contributed by atoms with E-state index in [4.69, 9.17) is 10.8 Å². The minimum Gasteiger partial charge on any atom is -0.481 e. The number of benzene rings is 1. The maximum atomic E-state index is 11.1. The highest BCUT2D eigenvalue weighted by Crippen LogP contribution is 2.14. The Kier molecular flexibility index (Phi) is 4.30. The Bertz CT molecular complexity index is 537. The number of nitrogens with zero attached hydrogens (tertiary/aromatic N) is 2. The van der Waals surface area contributed by atoms with E-state index in [9.17, 15) is 4.79 Å². The van der Waals surface area contributed by atoms with E-state index >= 15 is 0 Å². The van der Waals surface area contributed by atoms with Gasteiger partial charge in [-0.25, -0.2) is 4.68 Å². The van der Waals surface area contributed by atoms with Crippen LogP contribution >= 0.6 is 0 Å². The van der Waals surface area contributed by atoms with Crippen LogP contribution in [0.1, 0.15) is 12.0 Å². The van der Waals surface area contributed by atoms with Crippen LogP contribution in [0.4, 0.5) is 0 Å². The third kappa shape index (κ3) is 3.42. The summed E-state index contributed by atoms with van der Waals surface area (Å²) in [5, 5.41) is 13.4. The summed E-state index contributed by atoms with van der Waals surface area (Å²) in [6, 6.07) is 9.71. The van der Waals surface area contributed by atoms with Crippen LogP contribution in [0.2, 0.25) is 0 Å². The van der Waals surface area contributed by atoms with Gasteiger partial charge < -0.3 is 10.8 Å². The number of carboxylic acid groups (broad SMARTS) is 1. The van der Waals surface area contributed by atoms with Crippen LogP contribution in [0.5, 0.6) is 0 Å². The van der Waals surface area contributed by atoms with Crippen molar-refractivity contribution >= 4 is 5.97 Å². The molecule has 19 heavy (non-hydrogen) atoms. The molecule has 1 atom stereocenters. The summed E-state index contributed by atoms with van der Waals surface area (Å²) in [6.07, 6.45) is 4.51. The van der Waals surface area contributed by atoms with Crippen LogP contribution in [-0.2, 0) is 11.2 Å². The molecule has 0 radical (unpaired) electrons. The summed E-state index contributed by atoms with van der Waals surface area (Å²) in [5.41, 5.74) is 7.30. The first-order valence-corrected chi connectivity index (χ1v) is 6.22. The van der Waals surface area contributed by atoms with E-state index in [2.05, 4.69) is 5.10 Å². The van der Waals surface area contributed by atoms with Gasteiger partial charge in [0.15, 0.2) is 0 Å². The largest absolute Gasteiger partial charge is 0.481 e. The van der Waals surface area contributed by atoms with Crippen molar-refractivity contribution in [1.29, 1.82) is 0 Å². The normalized spacial score (nSPS) is 12.3. The topological polar surface area (TPSA) is 81.1 Å². The van der Waals surface area contributed by atoms with Gasteiger partial charge in [0.05, 0.1) is 17.8 Å². The van der Waals surface area contributed by atoms with E-state index < -0.39 is 11.9 Å². The second-order valence-corrected chi connectivity index (χ2v) is 4.45. The molecule has 0 bridgehead atoms. The molecule has 0 saturated carbocycles. The molecular weight excluding hydrogens is 242 g/mol. The highest BCUT2D eigenvalue weighted by atomic mass is 16.4. The number of carbonyl (C=O) groups is 1. The number of para-hydroxylation sites is 1. The van der Waals surface area contributed by atoms with Crippen molar-refractivity contribution in [1.82, 2.24) is 9.78 Å². The summed E-state index contributed by atoms with van der Waals surface area (Å²) < 4.78 is 1.75. The summed E-state index contributed by atoms with van der Waals surface area (Å²) in [4.78, 5) is 11.1. The lowest BCUT2D eigenvalue weighted by Gasteiger charge is -2.08. The lowest BCUT2D eigenvalue weighted by atomic mass is 9.98. The van der Waals surface area contributed by atoms with Gasteiger partial charge in [-0.3, -0.25) is 4.79 Å². The molecule has 0 aliphatic rings. The van der Waals surface area contributed by atoms with Crippen LogP contribution in [0, 0.1) is 5.92 Å². The third-order valence-corrected chi connectivity index (χ3v) is 3.00. The van der Waals surface area contributed by atoms with E-state index in [0.717, 1.165) is 11.3 Å². The Morgan fingerprint density at radius 3 is 2.74 bits per heavy atom. The maximum Gasteiger partial charge on any atom is 0.306 e. The van der Waals surface area contributed by atoms with Crippen molar-refractivity contribution < 1.29 is 9.90 Å². The second-order valence-electron chi connectivity index (χ2n) is 4.45. The zero-order valence-corrected chi connectivity index (χ0v) is 10.6. The van der Waals surface area contributed by atoms with Gasteiger partial charge in [-0.05, 0) is 37.1 Å². The summed E-state index contributed by atoms with van der Waals surface area (Å²) >= 11 is 0. The summed E-state index contributed by atoms with van der Waals surface area (Å²) in [7, 11) is 0. The van der Waals surface area contributed by atoms with Crippen LogP contribution in [0.15, 0.2) is 42.7 Å². The Morgan fingerprint density at radius 2 is 2.11 bits per heavy atom. The van der Waals surface area contributed by atoms with Crippen LogP contribution in [-0.4, -0.2) is 27.4 Å². The average molecular weight is 259 g/mol. The Morgan fingerprint density at radius 1 is 1.37 bits per heavy atom. The highest BCUT2D eigenvalue weighted by Gasteiger charge is 2.17. The molecule has 5 nitrogen and oxygen atoms in total. The molecule has 100 valence electrons. The first kappa shape index (κ1) is 13.3. The molecule has 1 aromatic carbocycles. The molecular formula is C14H17N3O2. The molecule has 0 aliphatic heterocycles. The zero-order chi connectivity index (χ0) is 13.7. The molecule has 1 unspecified atom stereocenters. The molecule has 0 spiro atoms. The van der Waals surface area contributed by atoms with Crippen molar-refractivity contribution in [3.05, 3.63) is 48.3 Å². The third-order valence-electron chi connectivity index (χ3n) is 3.00. The van der Waals surface area contributed by atoms with E-state index in [-0.39, 0.29) is 0 Å². The van der Waals surface area contributed by atoms with Crippen molar-refractivity contribution in [2.24, 2.45) is 11.7 Å². The van der Waals surface area contributed by atoms with Gasteiger partial charge in [-0.2, -0.15) is 5.10 Å². The fourth-order valence-electron chi connectivity index (χ4n) is 1.99. The average Bonchev–Trinajstić information content (AvgIpc) is 2.88. The van der Waals surface area contributed by atoms with Crippen molar-refractivity contribution in [3.63, 3.8) is 0 Å². The first-order valence-electron chi connectivity index (χ1n) is 6.22. The number of aromatic nitrogens is 2. The van der Waals surface area contributed by atoms with Crippen molar-refractivity contribution in [3.8, 4) is 5.69 Å². The molecule has 1 aromatic heterocycles. The SMILES string of the molecule is NCCC(Cc1cnn(-c2ccccc2)c1)C(=O)O. The molecule has 3 N–H and O–H groups in total. The molecule has 2 rings (SSSR count). The van der Waals surface area contributed by atoms with Crippen molar-refractivity contribution in [2.75, 3.05) is 6.54 Å². The molecule has 1 heterocycles. The number of rotatable bonds is 6. The zero-order valence-electron chi connectivity index (χ0n) is 10.6. The minimum absolute atomic E-state index is 0.379. The maximum absolute atomic E-state index is 11.1. The van der Waals surface area contributed by atoms with E-state index in [1.165, 1.54) is 0 Å². The van der Waals surface area contributed by atoms with Crippen LogP contribution < -0.4 is 5.73 Å². The van der Waals surface area contributed by atoms with Gasteiger partial charge in [0.25, 0.3) is 0 Å². The molecule has 0 aliphatic carbocycles.